The van der Waals surface area contributed by atoms with Crippen molar-refractivity contribution in [3.05, 3.63) is 53.1 Å². The van der Waals surface area contributed by atoms with E-state index in [2.05, 4.69) is 16.6 Å². The molecule has 0 atom stereocenters. The number of nitrogens with zero attached hydrogens (tertiary/aromatic N) is 2. The van der Waals surface area contributed by atoms with E-state index in [0.29, 0.717) is 23.1 Å². The second-order valence-corrected chi connectivity index (χ2v) is 4.38. The molecule has 3 nitrogen and oxygen atoms in total. The Hall–Kier alpha value is -0.247. The normalized spacial score (nSPS) is 11.0. The van der Waals surface area contributed by atoms with Crippen molar-refractivity contribution in [2.75, 3.05) is 13.2 Å². The van der Waals surface area contributed by atoms with E-state index in [-0.39, 0.29) is 31.9 Å². The number of rotatable bonds is 5. The van der Waals surface area contributed by atoms with Gasteiger partial charge in [-0.1, -0.05) is 40.9 Å². The molecule has 0 fully saturated rings. The molecule has 0 N–H and O–H groups in total. The summed E-state index contributed by atoms with van der Waals surface area (Å²) in [6, 6.07) is 5.42. The average molecular weight is 399 g/mol. The summed E-state index contributed by atoms with van der Waals surface area (Å²) in [5.74, 6) is 0. The van der Waals surface area contributed by atoms with Crippen LogP contribution in [0.4, 0.5) is 0 Å². The molecule has 0 spiro atoms. The van der Waals surface area contributed by atoms with E-state index < -0.39 is 0 Å². The van der Waals surface area contributed by atoms with Crippen LogP contribution in [0.1, 0.15) is 5.56 Å². The standard InChI is InChI=1S/C11H11Cl2O.C3H4N2.ClH.Zn/c1-2-6-14-7-5-9-3-4-10(12)8-11(9)13;1-2-5-3-4-1;;/h2-4,7-8H,1,5-6H2;1,3H,2H2;1H;/q-1;;;+2/p-1. The fourth-order valence-corrected chi connectivity index (χ4v) is 1.69. The van der Waals surface area contributed by atoms with Crippen LogP contribution in [0.25, 0.3) is 0 Å². The van der Waals surface area contributed by atoms with Gasteiger partial charge in [-0.3, -0.25) is 4.99 Å². The van der Waals surface area contributed by atoms with Gasteiger partial charge < -0.3 is 17.1 Å². The molecule has 110 valence electrons. The average Bonchev–Trinajstić information content (AvgIpc) is 2.96. The van der Waals surface area contributed by atoms with Crippen LogP contribution in [0.5, 0.6) is 0 Å². The van der Waals surface area contributed by atoms with Gasteiger partial charge in [0.1, 0.15) is 6.34 Å². The van der Waals surface area contributed by atoms with Gasteiger partial charge in [-0.15, -0.1) is 13.0 Å². The number of aliphatic imine (C=N–C) groups is 2. The molecular formula is C14H15Cl3N2OZn. The van der Waals surface area contributed by atoms with Gasteiger partial charge in [0, 0.05) is 22.9 Å². The Bertz CT molecular complexity index is 458. The minimum atomic E-state index is 0. The molecule has 0 bridgehead atoms. The van der Waals surface area contributed by atoms with Gasteiger partial charge >= 0.3 is 19.5 Å². The van der Waals surface area contributed by atoms with Crippen LogP contribution in [-0.4, -0.2) is 25.7 Å². The largest absolute Gasteiger partial charge is 2.00 e. The maximum Gasteiger partial charge on any atom is 2.00 e. The Kier molecular flexibility index (Phi) is 16.1. The van der Waals surface area contributed by atoms with E-state index in [0.717, 1.165) is 12.1 Å². The van der Waals surface area contributed by atoms with Crippen molar-refractivity contribution in [3.63, 3.8) is 0 Å². The topological polar surface area (TPSA) is 34.0 Å². The van der Waals surface area contributed by atoms with E-state index in [1.165, 1.54) is 0 Å². The molecule has 1 aromatic carbocycles. The number of halogens is 3. The van der Waals surface area contributed by atoms with Crippen LogP contribution in [0, 0.1) is 6.61 Å². The number of hydrogen-bond acceptors (Lipinski definition) is 3. The summed E-state index contributed by atoms with van der Waals surface area (Å²) in [7, 11) is 0. The van der Waals surface area contributed by atoms with E-state index in [9.17, 15) is 0 Å². The van der Waals surface area contributed by atoms with Crippen molar-refractivity contribution in [1.82, 2.24) is 0 Å². The number of benzene rings is 1. The van der Waals surface area contributed by atoms with Crippen molar-refractivity contribution in [2.24, 2.45) is 9.98 Å². The third-order valence-corrected chi connectivity index (χ3v) is 2.68. The molecule has 0 unspecified atom stereocenters. The van der Waals surface area contributed by atoms with Crippen LogP contribution in [0.2, 0.25) is 10.0 Å². The fraction of sp³-hybridized carbons (Fsp3) is 0.214. The third-order valence-electron chi connectivity index (χ3n) is 2.09. The fourth-order valence-electron chi connectivity index (χ4n) is 1.21. The molecule has 21 heavy (non-hydrogen) atoms. The number of ether oxygens (including phenoxy) is 1. The summed E-state index contributed by atoms with van der Waals surface area (Å²) >= 11 is 11.7. The zero-order valence-electron chi connectivity index (χ0n) is 11.5. The van der Waals surface area contributed by atoms with Gasteiger partial charge in [-0.2, -0.15) is 0 Å². The summed E-state index contributed by atoms with van der Waals surface area (Å²) in [6.07, 6.45) is 5.68. The minimum Gasteiger partial charge on any atom is -1.00 e. The zero-order valence-corrected chi connectivity index (χ0v) is 16.7. The molecule has 0 saturated heterocycles. The molecule has 1 heterocycles. The molecule has 1 aromatic rings. The first-order chi connectivity index (χ1) is 9.24. The maximum absolute atomic E-state index is 5.96. The Morgan fingerprint density at radius 2 is 2.14 bits per heavy atom. The molecule has 2 rings (SSSR count). The van der Waals surface area contributed by atoms with E-state index >= 15 is 0 Å². The summed E-state index contributed by atoms with van der Waals surface area (Å²) in [5, 5.41) is 1.31. The van der Waals surface area contributed by atoms with Crippen molar-refractivity contribution in [3.8, 4) is 0 Å². The van der Waals surface area contributed by atoms with Crippen molar-refractivity contribution in [1.29, 1.82) is 0 Å². The molecule has 0 radical (unpaired) electrons. The van der Waals surface area contributed by atoms with E-state index in [1.807, 2.05) is 12.1 Å². The van der Waals surface area contributed by atoms with Gasteiger partial charge in [0.05, 0.1) is 6.54 Å². The van der Waals surface area contributed by atoms with E-state index in [4.69, 9.17) is 27.9 Å². The number of hydrogen-bond donors (Lipinski definition) is 0. The molecular weight excluding hydrogens is 384 g/mol. The molecule has 0 aromatic heterocycles. The van der Waals surface area contributed by atoms with Crippen molar-refractivity contribution < 1.29 is 36.6 Å². The first-order valence-electron chi connectivity index (χ1n) is 5.72. The van der Waals surface area contributed by atoms with Crippen LogP contribution in [0.15, 0.2) is 40.8 Å². The Morgan fingerprint density at radius 1 is 1.38 bits per heavy atom. The van der Waals surface area contributed by atoms with Crippen LogP contribution in [-0.2, 0) is 30.6 Å². The van der Waals surface area contributed by atoms with Crippen LogP contribution < -0.4 is 12.4 Å². The monoisotopic (exact) mass is 396 g/mol. The Morgan fingerprint density at radius 3 is 2.62 bits per heavy atom. The molecule has 7 heteroatoms. The van der Waals surface area contributed by atoms with Crippen molar-refractivity contribution >= 4 is 35.8 Å². The molecule has 1 aliphatic heterocycles. The van der Waals surface area contributed by atoms with Crippen LogP contribution >= 0.6 is 23.2 Å². The van der Waals surface area contributed by atoms with Gasteiger partial charge in [0.2, 0.25) is 0 Å². The van der Waals surface area contributed by atoms with Gasteiger partial charge in [-0.05, 0) is 12.1 Å². The van der Waals surface area contributed by atoms with Gasteiger partial charge in [0.25, 0.3) is 0 Å². The predicted molar refractivity (Wildman–Crippen MR) is 82.5 cm³/mol. The minimum absolute atomic E-state index is 0. The summed E-state index contributed by atoms with van der Waals surface area (Å²) in [5.41, 5.74) is 1.00. The third kappa shape index (κ3) is 11.0. The van der Waals surface area contributed by atoms with Crippen LogP contribution in [0.3, 0.4) is 0 Å². The molecule has 0 aliphatic carbocycles. The summed E-state index contributed by atoms with van der Waals surface area (Å²) in [4.78, 5) is 7.40. The second kappa shape index (κ2) is 14.7. The molecule has 0 amide bonds. The molecule has 0 saturated carbocycles. The predicted octanol–water partition coefficient (Wildman–Crippen LogP) is 1.00. The second-order valence-electron chi connectivity index (χ2n) is 3.54. The van der Waals surface area contributed by atoms with E-state index in [1.54, 1.807) is 31.3 Å². The van der Waals surface area contributed by atoms with Gasteiger partial charge in [0.15, 0.2) is 0 Å². The Balaban J connectivity index is 0. The quantitative estimate of drug-likeness (QED) is 0.315. The smallest absolute Gasteiger partial charge is 1.00 e. The molecule has 1 aliphatic rings. The first-order valence-corrected chi connectivity index (χ1v) is 6.47. The summed E-state index contributed by atoms with van der Waals surface area (Å²) in [6.45, 7) is 6.55. The maximum atomic E-state index is 5.96. The zero-order chi connectivity index (χ0) is 13.9. The Labute approximate surface area is 154 Å². The van der Waals surface area contributed by atoms with Gasteiger partial charge in [-0.25, -0.2) is 11.6 Å². The summed E-state index contributed by atoms with van der Waals surface area (Å²) < 4.78 is 5.14. The van der Waals surface area contributed by atoms with Crippen molar-refractivity contribution in [2.45, 2.75) is 6.42 Å². The first kappa shape index (κ1) is 23.0. The SMILES string of the molecule is C1=NC=NC1.C=CCO[CH-]Cc1ccc(Cl)cc1Cl.[Cl-].[Zn+2].